The van der Waals surface area contributed by atoms with Crippen LogP contribution in [0.3, 0.4) is 0 Å². The molecular weight excluding hydrogens is 404 g/mol. The molecule has 0 radical (unpaired) electrons. The van der Waals surface area contributed by atoms with Crippen molar-refractivity contribution in [2.75, 3.05) is 11.1 Å². The van der Waals surface area contributed by atoms with Gasteiger partial charge in [-0.3, -0.25) is 14.3 Å². The Kier molecular flexibility index (Phi) is 5.59. The first-order valence-electron chi connectivity index (χ1n) is 10.3. The van der Waals surface area contributed by atoms with Crippen LogP contribution in [0.2, 0.25) is 0 Å². The Morgan fingerprint density at radius 3 is 2.50 bits per heavy atom. The minimum atomic E-state index is -0.500. The van der Waals surface area contributed by atoms with Crippen LogP contribution in [-0.2, 0) is 13.5 Å². The zero-order chi connectivity index (χ0) is 22.8. The van der Waals surface area contributed by atoms with Gasteiger partial charge in [0.05, 0.1) is 11.4 Å². The minimum absolute atomic E-state index is 0.0809. The monoisotopic (exact) mass is 428 g/mol. The summed E-state index contributed by atoms with van der Waals surface area (Å²) in [6.07, 6.45) is 4.08. The number of nitrogens with zero attached hydrogens (tertiary/aromatic N) is 4. The van der Waals surface area contributed by atoms with Crippen LogP contribution in [0.15, 0.2) is 65.7 Å². The molecule has 3 aromatic heterocycles. The van der Waals surface area contributed by atoms with E-state index in [2.05, 4.69) is 15.3 Å². The van der Waals surface area contributed by atoms with Crippen LogP contribution in [0.25, 0.3) is 16.8 Å². The molecule has 0 aliphatic rings. The maximum Gasteiger partial charge on any atom is 0.284 e. The molecule has 4 rings (SSSR count). The number of nitrogens with one attached hydrogen (secondary N) is 1. The van der Waals surface area contributed by atoms with Gasteiger partial charge in [-0.2, -0.15) is 0 Å². The number of nitrogen functional groups attached to an aromatic ring is 1. The number of rotatable bonds is 5. The highest BCUT2D eigenvalue weighted by atomic mass is 16.2. The van der Waals surface area contributed by atoms with Crippen molar-refractivity contribution < 1.29 is 4.79 Å². The number of nitrogens with two attached hydrogens (primary N) is 1. The number of hydrogen-bond acceptors (Lipinski definition) is 5. The van der Waals surface area contributed by atoms with E-state index in [-0.39, 0.29) is 11.1 Å². The Hall–Kier alpha value is -4.20. The second-order valence-electron chi connectivity index (χ2n) is 7.40. The van der Waals surface area contributed by atoms with Crippen LogP contribution in [0.1, 0.15) is 28.5 Å². The number of carbonyl (C=O) groups excluding carboxylic acids is 1. The van der Waals surface area contributed by atoms with E-state index >= 15 is 0 Å². The lowest BCUT2D eigenvalue weighted by Crippen LogP contribution is -2.25. The van der Waals surface area contributed by atoms with E-state index in [1.54, 1.807) is 37.1 Å². The number of aromatic nitrogens is 4. The highest BCUT2D eigenvalue weighted by molar-refractivity contribution is 6.04. The van der Waals surface area contributed by atoms with Crippen LogP contribution in [0.4, 0.5) is 11.6 Å². The van der Waals surface area contributed by atoms with Crippen LogP contribution in [-0.4, -0.2) is 25.2 Å². The summed E-state index contributed by atoms with van der Waals surface area (Å²) in [5.74, 6) is 0.352. The fourth-order valence-corrected chi connectivity index (χ4v) is 3.79. The highest BCUT2D eigenvalue weighted by Crippen LogP contribution is 2.27. The molecular formula is C24H24N6O2. The van der Waals surface area contributed by atoms with Gasteiger partial charge >= 0.3 is 0 Å². The Morgan fingerprint density at radius 1 is 1.09 bits per heavy atom. The third-order valence-electron chi connectivity index (χ3n) is 5.54. The molecule has 8 nitrogen and oxygen atoms in total. The summed E-state index contributed by atoms with van der Waals surface area (Å²) in [5, 5.41) is 2.74. The molecule has 0 aliphatic carbocycles. The first kappa shape index (κ1) is 21.0. The second-order valence-corrected chi connectivity index (χ2v) is 7.40. The van der Waals surface area contributed by atoms with Crippen LogP contribution < -0.4 is 16.6 Å². The second kappa shape index (κ2) is 8.50. The largest absolute Gasteiger partial charge is 0.383 e. The molecule has 0 aliphatic heterocycles. The molecule has 0 spiro atoms. The maximum atomic E-state index is 13.0. The molecule has 0 saturated carbocycles. The molecule has 0 unspecified atom stereocenters. The fourth-order valence-electron chi connectivity index (χ4n) is 3.79. The number of amides is 1. The number of pyridine rings is 2. The highest BCUT2D eigenvalue weighted by Gasteiger charge is 2.22. The van der Waals surface area contributed by atoms with Gasteiger partial charge in [-0.15, -0.1) is 0 Å². The van der Waals surface area contributed by atoms with Gasteiger partial charge < -0.3 is 11.1 Å². The van der Waals surface area contributed by atoms with Gasteiger partial charge in [0, 0.05) is 30.6 Å². The van der Waals surface area contributed by atoms with Gasteiger partial charge in [0.1, 0.15) is 17.2 Å². The Labute approximate surface area is 185 Å². The molecule has 4 aromatic rings. The van der Waals surface area contributed by atoms with Gasteiger partial charge in [-0.1, -0.05) is 25.1 Å². The molecule has 3 N–H and O–H groups in total. The summed E-state index contributed by atoms with van der Waals surface area (Å²) in [7, 11) is 1.75. The van der Waals surface area contributed by atoms with Crippen LogP contribution in [0, 0.1) is 6.92 Å². The van der Waals surface area contributed by atoms with E-state index in [0.29, 0.717) is 23.0 Å². The van der Waals surface area contributed by atoms with Crippen molar-refractivity contribution in [3.05, 3.63) is 88.1 Å². The molecule has 32 heavy (non-hydrogen) atoms. The summed E-state index contributed by atoms with van der Waals surface area (Å²) in [5.41, 5.74) is 9.72. The molecule has 162 valence electrons. The predicted octanol–water partition coefficient (Wildman–Crippen LogP) is 3.34. The summed E-state index contributed by atoms with van der Waals surface area (Å²) in [6, 6.07) is 14.7. The fraction of sp³-hybridized carbons (Fsp3) is 0.167. The molecule has 0 saturated heterocycles. The lowest BCUT2D eigenvalue weighted by molar-refractivity contribution is 0.102. The van der Waals surface area contributed by atoms with Crippen molar-refractivity contribution >= 4 is 17.5 Å². The van der Waals surface area contributed by atoms with Crippen molar-refractivity contribution in [3.8, 4) is 16.8 Å². The Bertz CT molecular complexity index is 1340. The van der Waals surface area contributed by atoms with Crippen molar-refractivity contribution in [1.82, 2.24) is 19.3 Å². The average molecular weight is 428 g/mol. The SMILES string of the molecule is CCc1c(-c2ccc(NC(=O)c3c(C)n(C)n(-c4ccccc4)c3=O)nc2)ccnc1N. The molecule has 1 amide bonds. The third kappa shape index (κ3) is 3.66. The van der Waals surface area contributed by atoms with Gasteiger partial charge in [-0.25, -0.2) is 14.6 Å². The maximum absolute atomic E-state index is 13.0. The number of para-hydroxylation sites is 1. The predicted molar refractivity (Wildman–Crippen MR) is 125 cm³/mol. The average Bonchev–Trinajstić information content (AvgIpc) is 3.02. The smallest absolute Gasteiger partial charge is 0.284 e. The Balaban J connectivity index is 1.62. The van der Waals surface area contributed by atoms with E-state index in [9.17, 15) is 9.59 Å². The number of anilines is 2. The van der Waals surface area contributed by atoms with E-state index in [4.69, 9.17) is 5.73 Å². The number of benzene rings is 1. The van der Waals surface area contributed by atoms with Crippen molar-refractivity contribution in [1.29, 1.82) is 0 Å². The molecule has 1 aromatic carbocycles. The topological polar surface area (TPSA) is 108 Å². The normalized spacial score (nSPS) is 10.8. The molecule has 0 bridgehead atoms. The van der Waals surface area contributed by atoms with E-state index in [1.807, 2.05) is 49.4 Å². The first-order chi connectivity index (χ1) is 15.4. The van der Waals surface area contributed by atoms with E-state index < -0.39 is 5.91 Å². The zero-order valence-corrected chi connectivity index (χ0v) is 18.2. The van der Waals surface area contributed by atoms with Crippen molar-refractivity contribution in [2.24, 2.45) is 7.05 Å². The quantitative estimate of drug-likeness (QED) is 0.507. The summed E-state index contributed by atoms with van der Waals surface area (Å²) in [6.45, 7) is 3.76. The lowest BCUT2D eigenvalue weighted by atomic mass is 10.0. The zero-order valence-electron chi connectivity index (χ0n) is 18.2. The third-order valence-corrected chi connectivity index (χ3v) is 5.54. The van der Waals surface area contributed by atoms with Gasteiger partial charge in [-0.05, 0) is 49.2 Å². The molecule has 3 heterocycles. The van der Waals surface area contributed by atoms with Gasteiger partial charge in [0.15, 0.2) is 0 Å². The van der Waals surface area contributed by atoms with E-state index in [1.165, 1.54) is 4.68 Å². The summed E-state index contributed by atoms with van der Waals surface area (Å²) >= 11 is 0. The molecule has 0 fully saturated rings. The van der Waals surface area contributed by atoms with Crippen molar-refractivity contribution in [3.63, 3.8) is 0 Å². The van der Waals surface area contributed by atoms with Gasteiger partial charge in [0.2, 0.25) is 0 Å². The number of hydrogen-bond donors (Lipinski definition) is 2. The Morgan fingerprint density at radius 2 is 1.84 bits per heavy atom. The van der Waals surface area contributed by atoms with E-state index in [0.717, 1.165) is 23.1 Å². The first-order valence-corrected chi connectivity index (χ1v) is 10.3. The standard InChI is InChI=1S/C24H24N6O2/c1-4-18-19(12-13-26-22(18)25)16-10-11-20(27-14-16)28-23(31)21-15(2)29(3)30(24(21)32)17-8-6-5-7-9-17/h5-14H,4H2,1-3H3,(H2,25,26)(H,27,28,31). The van der Waals surface area contributed by atoms with Crippen LogP contribution in [0.5, 0.6) is 0 Å². The van der Waals surface area contributed by atoms with Crippen molar-refractivity contribution in [2.45, 2.75) is 20.3 Å². The van der Waals surface area contributed by atoms with Crippen LogP contribution >= 0.6 is 0 Å². The molecule has 0 atom stereocenters. The number of carbonyl (C=O) groups is 1. The van der Waals surface area contributed by atoms with Gasteiger partial charge in [0.25, 0.3) is 11.5 Å². The minimum Gasteiger partial charge on any atom is -0.383 e. The lowest BCUT2D eigenvalue weighted by Gasteiger charge is -2.10. The summed E-state index contributed by atoms with van der Waals surface area (Å²) in [4.78, 5) is 34.5. The molecule has 8 heteroatoms. The summed E-state index contributed by atoms with van der Waals surface area (Å²) < 4.78 is 3.14.